The summed E-state index contributed by atoms with van der Waals surface area (Å²) in [6, 6.07) is 1.78. The average molecular weight is 371 g/mol. The van der Waals surface area contributed by atoms with Crippen molar-refractivity contribution < 1.29 is 18.8 Å². The van der Waals surface area contributed by atoms with E-state index in [2.05, 4.69) is 10.5 Å². The minimum absolute atomic E-state index is 0.0747. The van der Waals surface area contributed by atoms with Gasteiger partial charge in [0.1, 0.15) is 0 Å². The highest BCUT2D eigenvalue weighted by atomic mass is 32.2. The molecule has 2 rings (SSSR count). The van der Waals surface area contributed by atoms with Gasteiger partial charge in [0, 0.05) is 36.6 Å². The molecular formula is C18H30N2O4S. The van der Waals surface area contributed by atoms with E-state index >= 15 is 0 Å². The zero-order valence-electron chi connectivity index (χ0n) is 15.9. The number of rotatable bonds is 8. The molecule has 0 atom stereocenters. The summed E-state index contributed by atoms with van der Waals surface area (Å²) >= 11 is 1.70. The van der Waals surface area contributed by atoms with E-state index in [1.807, 2.05) is 34.6 Å². The smallest absolute Gasteiger partial charge is 0.242 e. The highest BCUT2D eigenvalue weighted by Gasteiger charge is 2.33. The van der Waals surface area contributed by atoms with Gasteiger partial charge in [0.2, 0.25) is 11.8 Å². The molecule has 1 aromatic rings. The number of thioether (sulfide) groups is 1. The van der Waals surface area contributed by atoms with Gasteiger partial charge in [-0.25, -0.2) is 0 Å². The van der Waals surface area contributed by atoms with Gasteiger partial charge < -0.3 is 14.0 Å². The molecule has 0 bridgehead atoms. The lowest BCUT2D eigenvalue weighted by Gasteiger charge is -2.30. The Morgan fingerprint density at radius 3 is 2.68 bits per heavy atom. The normalized spacial score (nSPS) is 16.8. The molecule has 7 heteroatoms. The van der Waals surface area contributed by atoms with Gasteiger partial charge in [-0.2, -0.15) is 0 Å². The Morgan fingerprint density at radius 1 is 1.36 bits per heavy atom. The van der Waals surface area contributed by atoms with Crippen LogP contribution in [-0.4, -0.2) is 47.5 Å². The average Bonchev–Trinajstić information content (AvgIpc) is 3.03. The zero-order chi connectivity index (χ0) is 18.5. The van der Waals surface area contributed by atoms with Gasteiger partial charge in [-0.3, -0.25) is 10.1 Å². The van der Waals surface area contributed by atoms with Gasteiger partial charge in [0.05, 0.1) is 17.0 Å². The van der Waals surface area contributed by atoms with E-state index in [0.29, 0.717) is 24.3 Å². The molecule has 1 amide bonds. The van der Waals surface area contributed by atoms with Crippen molar-refractivity contribution in [1.82, 2.24) is 5.16 Å². The first kappa shape index (κ1) is 20.3. The fourth-order valence-electron chi connectivity index (χ4n) is 2.61. The summed E-state index contributed by atoms with van der Waals surface area (Å²) in [7, 11) is 0. The van der Waals surface area contributed by atoms with Crippen LogP contribution in [0.2, 0.25) is 0 Å². The first-order valence-corrected chi connectivity index (χ1v) is 9.74. The number of nitrogens with zero attached hydrogens (tertiary/aromatic N) is 1. The molecular weight excluding hydrogens is 340 g/mol. The number of hydrogen-bond donors (Lipinski definition) is 1. The third kappa shape index (κ3) is 5.72. The van der Waals surface area contributed by atoms with Gasteiger partial charge in [-0.05, 0) is 33.6 Å². The monoisotopic (exact) mass is 370 g/mol. The Balaban J connectivity index is 1.95. The second-order valence-corrected chi connectivity index (χ2v) is 9.41. The number of nitrogens with one attached hydrogen (secondary N) is 1. The summed E-state index contributed by atoms with van der Waals surface area (Å²) in [5.41, 5.74) is 0.501. The summed E-state index contributed by atoms with van der Waals surface area (Å²) in [5.74, 6) is 0.305. The van der Waals surface area contributed by atoms with Crippen LogP contribution in [0.25, 0.3) is 0 Å². The standard InChI is InChI=1S/C18H30N2O4S/c1-6-22-12-17(2,3)14-11-15(24-20-14)19-16(21)18(4,5)25-13-7-9-23-10-8-13/h11,13H,6-10,12H2,1-5H3,(H,19,21). The molecule has 0 unspecified atom stereocenters. The number of anilines is 1. The number of ether oxygens (including phenoxy) is 2. The van der Waals surface area contributed by atoms with Gasteiger partial charge in [-0.1, -0.05) is 19.0 Å². The lowest BCUT2D eigenvalue weighted by Crippen LogP contribution is -2.37. The van der Waals surface area contributed by atoms with Crippen molar-refractivity contribution in [3.05, 3.63) is 11.8 Å². The predicted octanol–water partition coefficient (Wildman–Crippen LogP) is 3.62. The molecule has 6 nitrogen and oxygen atoms in total. The van der Waals surface area contributed by atoms with Crippen molar-refractivity contribution in [3.63, 3.8) is 0 Å². The third-order valence-corrected chi connectivity index (χ3v) is 5.86. The largest absolute Gasteiger partial charge is 0.381 e. The molecule has 0 aliphatic carbocycles. The number of carbonyl (C=O) groups excluding carboxylic acids is 1. The Hall–Kier alpha value is -1.05. The van der Waals surface area contributed by atoms with Crippen molar-refractivity contribution in [3.8, 4) is 0 Å². The van der Waals surface area contributed by atoms with Gasteiger partial charge >= 0.3 is 0 Å². The van der Waals surface area contributed by atoms with Crippen LogP contribution < -0.4 is 5.32 Å². The Labute approximate surface area is 154 Å². The molecule has 0 spiro atoms. The third-order valence-electron chi connectivity index (χ3n) is 4.28. The molecule has 2 heterocycles. The second kappa shape index (κ2) is 8.56. The molecule has 1 aromatic heterocycles. The Kier molecular flexibility index (Phi) is 6.93. The van der Waals surface area contributed by atoms with E-state index in [1.54, 1.807) is 17.8 Å². The minimum atomic E-state index is -0.546. The van der Waals surface area contributed by atoms with Crippen LogP contribution in [0, 0.1) is 0 Å². The summed E-state index contributed by atoms with van der Waals surface area (Å²) < 4.78 is 15.7. The van der Waals surface area contributed by atoms with Gasteiger partial charge in [0.25, 0.3) is 0 Å². The minimum Gasteiger partial charge on any atom is -0.381 e. The Morgan fingerprint density at radius 2 is 2.04 bits per heavy atom. The molecule has 1 aliphatic rings. The van der Waals surface area contributed by atoms with E-state index < -0.39 is 4.75 Å². The number of hydrogen-bond acceptors (Lipinski definition) is 6. The fraction of sp³-hybridized carbons (Fsp3) is 0.778. The number of aromatic nitrogens is 1. The fourth-order valence-corrected chi connectivity index (χ4v) is 4.03. The van der Waals surface area contributed by atoms with Crippen molar-refractivity contribution in [2.75, 3.05) is 31.7 Å². The van der Waals surface area contributed by atoms with Gasteiger partial charge in [0.15, 0.2) is 0 Å². The molecule has 0 radical (unpaired) electrons. The van der Waals surface area contributed by atoms with E-state index in [-0.39, 0.29) is 11.3 Å². The molecule has 0 saturated carbocycles. The highest BCUT2D eigenvalue weighted by molar-refractivity contribution is 8.02. The van der Waals surface area contributed by atoms with Crippen molar-refractivity contribution in [2.24, 2.45) is 0 Å². The van der Waals surface area contributed by atoms with Crippen molar-refractivity contribution >= 4 is 23.6 Å². The van der Waals surface area contributed by atoms with E-state index in [0.717, 1.165) is 31.7 Å². The topological polar surface area (TPSA) is 73.6 Å². The summed E-state index contributed by atoms with van der Waals surface area (Å²) in [4.78, 5) is 12.7. The maximum absolute atomic E-state index is 12.7. The van der Waals surface area contributed by atoms with Crippen LogP contribution in [0.15, 0.2) is 10.6 Å². The maximum atomic E-state index is 12.7. The molecule has 0 aromatic carbocycles. The highest BCUT2D eigenvalue weighted by Crippen LogP contribution is 2.35. The number of carbonyl (C=O) groups is 1. The summed E-state index contributed by atoms with van der Waals surface area (Å²) in [5, 5.41) is 7.41. The lowest BCUT2D eigenvalue weighted by molar-refractivity contribution is -0.117. The molecule has 142 valence electrons. The molecule has 1 aliphatic heterocycles. The van der Waals surface area contributed by atoms with Crippen LogP contribution in [0.1, 0.15) is 53.2 Å². The van der Waals surface area contributed by atoms with Crippen LogP contribution in [-0.2, 0) is 19.7 Å². The van der Waals surface area contributed by atoms with Gasteiger partial charge in [-0.15, -0.1) is 11.8 Å². The lowest BCUT2D eigenvalue weighted by atomic mass is 9.90. The first-order valence-electron chi connectivity index (χ1n) is 8.86. The molecule has 25 heavy (non-hydrogen) atoms. The molecule has 1 N–H and O–H groups in total. The van der Waals surface area contributed by atoms with E-state index in [1.165, 1.54) is 0 Å². The van der Waals surface area contributed by atoms with Crippen molar-refractivity contribution in [1.29, 1.82) is 0 Å². The second-order valence-electron chi connectivity index (χ2n) is 7.49. The summed E-state index contributed by atoms with van der Waals surface area (Å²) in [6.07, 6.45) is 1.97. The summed E-state index contributed by atoms with van der Waals surface area (Å²) in [6.45, 7) is 12.7. The number of amides is 1. The van der Waals surface area contributed by atoms with Crippen LogP contribution in [0.3, 0.4) is 0 Å². The van der Waals surface area contributed by atoms with E-state index in [4.69, 9.17) is 14.0 Å². The Bertz CT molecular complexity index is 565. The van der Waals surface area contributed by atoms with Crippen LogP contribution in [0.4, 0.5) is 5.88 Å². The van der Waals surface area contributed by atoms with E-state index in [9.17, 15) is 4.79 Å². The van der Waals surface area contributed by atoms with Crippen LogP contribution >= 0.6 is 11.8 Å². The maximum Gasteiger partial charge on any atom is 0.242 e. The van der Waals surface area contributed by atoms with Crippen molar-refractivity contribution in [2.45, 2.75) is 62.9 Å². The van der Waals surface area contributed by atoms with Crippen LogP contribution in [0.5, 0.6) is 0 Å². The zero-order valence-corrected chi connectivity index (χ0v) is 16.7. The quantitative estimate of drug-likeness (QED) is 0.753. The SMILES string of the molecule is CCOCC(C)(C)c1cc(NC(=O)C(C)(C)SC2CCOCC2)on1. The predicted molar refractivity (Wildman–Crippen MR) is 100 cm³/mol. The first-order chi connectivity index (χ1) is 11.7. The molecule has 1 fully saturated rings. The molecule has 1 saturated heterocycles.